The highest BCUT2D eigenvalue weighted by Crippen LogP contribution is 2.34. The van der Waals surface area contributed by atoms with Crippen molar-refractivity contribution >= 4 is 34.2 Å². The third-order valence-electron chi connectivity index (χ3n) is 4.74. The molecule has 27 heavy (non-hydrogen) atoms. The molecule has 0 spiro atoms. The number of rotatable bonds is 3. The summed E-state index contributed by atoms with van der Waals surface area (Å²) in [5.74, 6) is 0.820. The lowest BCUT2D eigenvalue weighted by molar-refractivity contribution is -0.126. The first-order chi connectivity index (χ1) is 13.2. The van der Waals surface area contributed by atoms with Gasteiger partial charge in [-0.1, -0.05) is 24.2 Å². The molecule has 6 nitrogen and oxygen atoms in total. The van der Waals surface area contributed by atoms with E-state index in [0.29, 0.717) is 31.2 Å². The molecule has 0 atom stereocenters. The minimum Gasteiger partial charge on any atom is -0.352 e. The molecule has 1 fully saturated rings. The Morgan fingerprint density at radius 2 is 2.00 bits per heavy atom. The van der Waals surface area contributed by atoms with Crippen LogP contribution in [0.15, 0.2) is 55.6 Å². The lowest BCUT2D eigenvalue weighted by Crippen LogP contribution is -2.48. The fraction of sp³-hybridized carbons (Fsp3) is 0.200. The minimum atomic E-state index is -0.0344. The number of carbonyl (C=O) groups is 1. The lowest BCUT2D eigenvalue weighted by Gasteiger charge is -2.35. The van der Waals surface area contributed by atoms with E-state index in [-0.39, 0.29) is 5.91 Å². The van der Waals surface area contributed by atoms with Crippen molar-refractivity contribution in [1.29, 1.82) is 0 Å². The van der Waals surface area contributed by atoms with Crippen LogP contribution in [0.2, 0.25) is 5.02 Å². The number of anilines is 1. The van der Waals surface area contributed by atoms with E-state index in [1.165, 1.54) is 6.08 Å². The van der Waals surface area contributed by atoms with E-state index in [1.54, 1.807) is 23.6 Å². The molecular formula is C20H18ClN5O. The van der Waals surface area contributed by atoms with E-state index in [4.69, 9.17) is 11.6 Å². The van der Waals surface area contributed by atoms with Gasteiger partial charge in [0.2, 0.25) is 5.91 Å². The first-order valence-corrected chi connectivity index (χ1v) is 9.06. The molecule has 7 heteroatoms. The zero-order valence-electron chi connectivity index (χ0n) is 14.7. The van der Waals surface area contributed by atoms with E-state index >= 15 is 0 Å². The van der Waals surface area contributed by atoms with Crippen molar-refractivity contribution in [2.24, 2.45) is 0 Å². The van der Waals surface area contributed by atoms with Crippen LogP contribution < -0.4 is 4.90 Å². The van der Waals surface area contributed by atoms with Crippen LogP contribution in [-0.2, 0) is 4.79 Å². The summed E-state index contributed by atoms with van der Waals surface area (Å²) in [5, 5.41) is 1.56. The Balaban J connectivity index is 1.72. The van der Waals surface area contributed by atoms with Crippen molar-refractivity contribution in [2.75, 3.05) is 31.1 Å². The number of halogens is 1. The third kappa shape index (κ3) is 3.36. The number of piperazine rings is 1. The quantitative estimate of drug-likeness (QED) is 0.654. The summed E-state index contributed by atoms with van der Waals surface area (Å²) in [6.07, 6.45) is 6.43. The number of fused-ring (bicyclic) bond motifs is 1. The van der Waals surface area contributed by atoms with Crippen LogP contribution in [0.4, 0.5) is 5.82 Å². The fourth-order valence-electron chi connectivity index (χ4n) is 3.33. The van der Waals surface area contributed by atoms with E-state index in [2.05, 4.69) is 26.4 Å². The highest BCUT2D eigenvalue weighted by Gasteiger charge is 2.22. The van der Waals surface area contributed by atoms with Crippen LogP contribution in [0, 0.1) is 0 Å². The maximum Gasteiger partial charge on any atom is 0.246 e. The number of carbonyl (C=O) groups excluding carboxylic acids is 1. The molecule has 0 saturated carbocycles. The Labute approximate surface area is 162 Å². The summed E-state index contributed by atoms with van der Waals surface area (Å²) in [4.78, 5) is 28.9. The summed E-state index contributed by atoms with van der Waals surface area (Å²) in [6.45, 7) is 6.24. The number of nitrogens with zero attached hydrogens (tertiary/aromatic N) is 5. The molecule has 3 aromatic rings. The predicted octanol–water partition coefficient (Wildman–Crippen LogP) is 3.18. The summed E-state index contributed by atoms with van der Waals surface area (Å²) in [7, 11) is 0. The van der Waals surface area contributed by atoms with Gasteiger partial charge in [0.15, 0.2) is 0 Å². The van der Waals surface area contributed by atoms with Crippen LogP contribution in [0.1, 0.15) is 0 Å². The molecule has 3 heterocycles. The van der Waals surface area contributed by atoms with Crippen LogP contribution >= 0.6 is 11.6 Å². The average molecular weight is 380 g/mol. The van der Waals surface area contributed by atoms with Crippen LogP contribution in [-0.4, -0.2) is 51.9 Å². The van der Waals surface area contributed by atoms with Gasteiger partial charge < -0.3 is 9.80 Å². The van der Waals surface area contributed by atoms with Crippen molar-refractivity contribution < 1.29 is 4.79 Å². The standard InChI is InChI=1S/C20H18ClN5O/c1-2-19(27)25-6-8-26(9-7-25)20-16-10-15(14-4-3-5-22-12-14)17(21)11-18(16)23-13-24-20/h2-5,10-13H,1,6-9H2. The number of pyridine rings is 1. The minimum absolute atomic E-state index is 0.0344. The molecule has 1 aliphatic rings. The highest BCUT2D eigenvalue weighted by molar-refractivity contribution is 6.34. The number of aromatic nitrogens is 3. The molecule has 0 aliphatic carbocycles. The Hall–Kier alpha value is -2.99. The number of amides is 1. The van der Waals surface area contributed by atoms with Crippen LogP contribution in [0.25, 0.3) is 22.0 Å². The van der Waals surface area contributed by atoms with Crippen molar-refractivity contribution in [2.45, 2.75) is 0 Å². The van der Waals surface area contributed by atoms with E-state index < -0.39 is 0 Å². The summed E-state index contributed by atoms with van der Waals surface area (Å²) in [6, 6.07) is 7.74. The molecule has 1 amide bonds. The van der Waals surface area contributed by atoms with Gasteiger partial charge in [0.1, 0.15) is 12.1 Å². The zero-order chi connectivity index (χ0) is 18.8. The maximum absolute atomic E-state index is 11.8. The number of hydrogen-bond acceptors (Lipinski definition) is 5. The zero-order valence-corrected chi connectivity index (χ0v) is 15.4. The van der Waals surface area contributed by atoms with Crippen molar-refractivity contribution in [3.63, 3.8) is 0 Å². The van der Waals surface area contributed by atoms with Gasteiger partial charge in [-0.05, 0) is 24.3 Å². The Bertz CT molecular complexity index is 1000. The maximum atomic E-state index is 11.8. The van der Waals surface area contributed by atoms with Gasteiger partial charge >= 0.3 is 0 Å². The van der Waals surface area contributed by atoms with Gasteiger partial charge in [0.25, 0.3) is 0 Å². The molecular weight excluding hydrogens is 362 g/mol. The molecule has 4 rings (SSSR count). The largest absolute Gasteiger partial charge is 0.352 e. The smallest absolute Gasteiger partial charge is 0.246 e. The van der Waals surface area contributed by atoms with E-state index in [0.717, 1.165) is 27.8 Å². The molecule has 1 aromatic carbocycles. The Kier molecular flexibility index (Phi) is 4.73. The van der Waals surface area contributed by atoms with Crippen molar-refractivity contribution in [3.05, 3.63) is 60.7 Å². The normalized spacial score (nSPS) is 14.4. The lowest BCUT2D eigenvalue weighted by atomic mass is 10.0. The Morgan fingerprint density at radius 3 is 2.70 bits per heavy atom. The molecule has 0 unspecified atom stereocenters. The molecule has 2 aromatic heterocycles. The van der Waals surface area contributed by atoms with Gasteiger partial charge in [-0.3, -0.25) is 9.78 Å². The number of benzene rings is 1. The third-order valence-corrected chi connectivity index (χ3v) is 5.05. The van der Waals surface area contributed by atoms with Gasteiger partial charge in [-0.2, -0.15) is 0 Å². The second-order valence-corrected chi connectivity index (χ2v) is 6.71. The number of hydrogen-bond donors (Lipinski definition) is 0. The topological polar surface area (TPSA) is 62.2 Å². The van der Waals surface area contributed by atoms with E-state index in [1.807, 2.05) is 24.3 Å². The molecule has 1 saturated heterocycles. The first-order valence-electron chi connectivity index (χ1n) is 8.68. The summed E-state index contributed by atoms with van der Waals surface area (Å²) in [5.41, 5.74) is 2.64. The van der Waals surface area contributed by atoms with Gasteiger partial charge in [-0.15, -0.1) is 0 Å². The highest BCUT2D eigenvalue weighted by atomic mass is 35.5. The van der Waals surface area contributed by atoms with Crippen molar-refractivity contribution in [3.8, 4) is 11.1 Å². The van der Waals surface area contributed by atoms with Gasteiger partial charge in [-0.25, -0.2) is 9.97 Å². The second kappa shape index (κ2) is 7.32. The Morgan fingerprint density at radius 1 is 1.19 bits per heavy atom. The monoisotopic (exact) mass is 379 g/mol. The molecule has 0 radical (unpaired) electrons. The summed E-state index contributed by atoms with van der Waals surface area (Å²) < 4.78 is 0. The fourth-order valence-corrected chi connectivity index (χ4v) is 3.59. The summed E-state index contributed by atoms with van der Waals surface area (Å²) >= 11 is 6.49. The first kappa shape index (κ1) is 17.4. The van der Waals surface area contributed by atoms with Crippen LogP contribution in [0.5, 0.6) is 0 Å². The molecule has 0 N–H and O–H groups in total. The second-order valence-electron chi connectivity index (χ2n) is 6.30. The molecule has 136 valence electrons. The SMILES string of the molecule is C=CC(=O)N1CCN(c2ncnc3cc(Cl)c(-c4cccnc4)cc23)CC1. The van der Waals surface area contributed by atoms with Gasteiger partial charge in [0.05, 0.1) is 10.5 Å². The molecule has 1 aliphatic heterocycles. The van der Waals surface area contributed by atoms with E-state index in [9.17, 15) is 4.79 Å². The predicted molar refractivity (Wildman–Crippen MR) is 107 cm³/mol. The molecule has 0 bridgehead atoms. The van der Waals surface area contributed by atoms with Gasteiger partial charge in [0, 0.05) is 55.1 Å². The van der Waals surface area contributed by atoms with Crippen molar-refractivity contribution in [1.82, 2.24) is 19.9 Å². The average Bonchev–Trinajstić information content (AvgIpc) is 2.73. The van der Waals surface area contributed by atoms with Crippen LogP contribution in [0.3, 0.4) is 0 Å².